The van der Waals surface area contributed by atoms with E-state index in [1.165, 1.54) is 22.2 Å². The van der Waals surface area contributed by atoms with Gasteiger partial charge in [-0.1, -0.05) is 6.92 Å². The molecule has 0 saturated carbocycles. The Morgan fingerprint density at radius 3 is 3.00 bits per heavy atom. The minimum atomic E-state index is 0.605. The summed E-state index contributed by atoms with van der Waals surface area (Å²) in [5.74, 6) is 3.28. The lowest BCUT2D eigenvalue weighted by Crippen LogP contribution is -2.15. The van der Waals surface area contributed by atoms with Crippen molar-refractivity contribution in [3.8, 4) is 0 Å². The monoisotopic (exact) mass is 293 g/mol. The van der Waals surface area contributed by atoms with Gasteiger partial charge in [0.25, 0.3) is 0 Å². The summed E-state index contributed by atoms with van der Waals surface area (Å²) in [6.45, 7) is 2.32. The second-order valence-electron chi connectivity index (χ2n) is 3.84. The molecule has 0 aliphatic carbocycles. The van der Waals surface area contributed by atoms with Crippen molar-refractivity contribution in [3.63, 3.8) is 0 Å². The van der Waals surface area contributed by atoms with Crippen LogP contribution in [-0.4, -0.2) is 27.6 Å². The van der Waals surface area contributed by atoms with Crippen molar-refractivity contribution in [1.82, 2.24) is 4.98 Å². The van der Waals surface area contributed by atoms with E-state index in [9.17, 15) is 0 Å². The van der Waals surface area contributed by atoms with Crippen LogP contribution in [0.3, 0.4) is 0 Å². The van der Waals surface area contributed by atoms with E-state index in [0.717, 1.165) is 18.7 Å². The van der Waals surface area contributed by atoms with E-state index in [1.54, 1.807) is 0 Å². The second kappa shape index (κ2) is 6.53. The first-order chi connectivity index (χ1) is 7.81. The molecule has 2 rings (SSSR count). The van der Waals surface area contributed by atoms with Crippen LogP contribution in [0.5, 0.6) is 0 Å². The van der Waals surface area contributed by atoms with Gasteiger partial charge in [-0.25, -0.2) is 4.98 Å². The first kappa shape index (κ1) is 13.1. The normalized spacial score (nSPS) is 25.9. The van der Waals surface area contributed by atoms with Gasteiger partial charge in [-0.15, -0.1) is 34.7 Å². The lowest BCUT2D eigenvalue weighted by atomic mass is 10.3. The number of hydrogen-bond donors (Lipinski definition) is 0. The Kier molecular flexibility index (Phi) is 5.33. The molecule has 0 radical (unpaired) electrons. The maximum absolute atomic E-state index is 5.70. The molecule has 0 bridgehead atoms. The summed E-state index contributed by atoms with van der Waals surface area (Å²) < 4.78 is 0. The van der Waals surface area contributed by atoms with Crippen LogP contribution < -0.4 is 0 Å². The highest BCUT2D eigenvalue weighted by Gasteiger charge is 2.26. The Morgan fingerprint density at radius 1 is 1.44 bits per heavy atom. The van der Waals surface area contributed by atoms with Gasteiger partial charge in [0.05, 0.1) is 10.9 Å². The van der Waals surface area contributed by atoms with Gasteiger partial charge in [-0.2, -0.15) is 11.8 Å². The van der Waals surface area contributed by atoms with Crippen molar-refractivity contribution >= 4 is 46.5 Å². The number of halogens is 1. The maximum Gasteiger partial charge on any atom is 0.107 e. The lowest BCUT2D eigenvalue weighted by molar-refractivity contribution is 0.854. The van der Waals surface area contributed by atoms with E-state index in [1.807, 2.05) is 11.3 Å². The standard InChI is InChI=1S/C11H16ClNS3/c1-8-10(15-6-5-14-8)11-13-9(7-16-11)3-2-4-12/h7-8,10H,2-6H2,1H3. The van der Waals surface area contributed by atoms with E-state index in [-0.39, 0.29) is 0 Å². The van der Waals surface area contributed by atoms with E-state index in [0.29, 0.717) is 10.5 Å². The molecule has 0 N–H and O–H groups in total. The number of alkyl halides is 1. The van der Waals surface area contributed by atoms with Crippen molar-refractivity contribution < 1.29 is 0 Å². The number of hydrogen-bond acceptors (Lipinski definition) is 4. The predicted molar refractivity (Wildman–Crippen MR) is 78.3 cm³/mol. The van der Waals surface area contributed by atoms with Crippen LogP contribution in [0.2, 0.25) is 0 Å². The van der Waals surface area contributed by atoms with Crippen LogP contribution in [0.1, 0.15) is 29.3 Å². The van der Waals surface area contributed by atoms with Gasteiger partial charge >= 0.3 is 0 Å². The highest BCUT2D eigenvalue weighted by Crippen LogP contribution is 2.43. The quantitative estimate of drug-likeness (QED) is 0.771. The average molecular weight is 294 g/mol. The fourth-order valence-corrected chi connectivity index (χ4v) is 5.88. The molecule has 2 heterocycles. The molecule has 1 aromatic heterocycles. The van der Waals surface area contributed by atoms with E-state index >= 15 is 0 Å². The highest BCUT2D eigenvalue weighted by molar-refractivity contribution is 8.06. The molecule has 2 unspecified atom stereocenters. The Morgan fingerprint density at radius 2 is 2.25 bits per heavy atom. The minimum Gasteiger partial charge on any atom is -0.245 e. The Labute approximate surface area is 115 Å². The molecule has 5 heteroatoms. The third-order valence-electron chi connectivity index (χ3n) is 2.57. The summed E-state index contributed by atoms with van der Waals surface area (Å²) in [6, 6.07) is 0. The Hall–Kier alpha value is 0.620. The molecular weight excluding hydrogens is 278 g/mol. The Bertz CT molecular complexity index is 329. The molecule has 0 amide bonds. The second-order valence-corrected chi connectivity index (χ2v) is 7.84. The molecule has 0 spiro atoms. The summed E-state index contributed by atoms with van der Waals surface area (Å²) in [5.41, 5.74) is 1.23. The number of aryl methyl sites for hydroxylation is 1. The molecule has 16 heavy (non-hydrogen) atoms. The van der Waals surface area contributed by atoms with Crippen molar-refractivity contribution in [2.24, 2.45) is 0 Å². The molecule has 1 aliphatic heterocycles. The summed E-state index contributed by atoms with van der Waals surface area (Å²) in [7, 11) is 0. The summed E-state index contributed by atoms with van der Waals surface area (Å²) in [6.07, 6.45) is 2.06. The third kappa shape index (κ3) is 3.31. The van der Waals surface area contributed by atoms with Gasteiger partial charge in [0.1, 0.15) is 5.01 Å². The van der Waals surface area contributed by atoms with Crippen LogP contribution >= 0.6 is 46.5 Å². The summed E-state index contributed by atoms with van der Waals surface area (Å²) in [4.78, 5) is 4.75. The minimum absolute atomic E-state index is 0.605. The zero-order valence-electron chi connectivity index (χ0n) is 9.32. The van der Waals surface area contributed by atoms with Crippen LogP contribution in [0.15, 0.2) is 5.38 Å². The lowest BCUT2D eigenvalue weighted by Gasteiger charge is -2.25. The third-order valence-corrected chi connectivity index (χ3v) is 7.06. The fourth-order valence-electron chi connectivity index (χ4n) is 1.72. The average Bonchev–Trinajstić information content (AvgIpc) is 2.75. The van der Waals surface area contributed by atoms with E-state index in [4.69, 9.17) is 16.6 Å². The first-order valence-corrected chi connectivity index (χ1v) is 9.06. The smallest absolute Gasteiger partial charge is 0.107 e. The van der Waals surface area contributed by atoms with E-state index in [2.05, 4.69) is 35.8 Å². The van der Waals surface area contributed by atoms with Crippen LogP contribution in [0.25, 0.3) is 0 Å². The molecule has 1 fully saturated rings. The SMILES string of the molecule is CC1SCCSC1c1nc(CCCCl)cs1. The number of thiazole rings is 1. The molecular formula is C11H16ClNS3. The zero-order valence-corrected chi connectivity index (χ0v) is 12.5. The van der Waals surface area contributed by atoms with Crippen molar-refractivity contribution in [1.29, 1.82) is 0 Å². The van der Waals surface area contributed by atoms with Crippen LogP contribution in [-0.2, 0) is 6.42 Å². The number of rotatable bonds is 4. The first-order valence-electron chi connectivity index (χ1n) is 5.54. The van der Waals surface area contributed by atoms with Gasteiger partial charge < -0.3 is 0 Å². The fraction of sp³-hybridized carbons (Fsp3) is 0.727. The molecule has 2 atom stereocenters. The van der Waals surface area contributed by atoms with Gasteiger partial charge in [0.15, 0.2) is 0 Å². The zero-order chi connectivity index (χ0) is 11.4. The van der Waals surface area contributed by atoms with Crippen molar-refractivity contribution in [3.05, 3.63) is 16.1 Å². The van der Waals surface area contributed by atoms with Crippen LogP contribution in [0, 0.1) is 0 Å². The largest absolute Gasteiger partial charge is 0.245 e. The molecule has 1 saturated heterocycles. The molecule has 1 aromatic rings. The number of nitrogens with zero attached hydrogens (tertiary/aromatic N) is 1. The van der Waals surface area contributed by atoms with Crippen LogP contribution in [0.4, 0.5) is 0 Å². The Balaban J connectivity index is 1.99. The van der Waals surface area contributed by atoms with Crippen molar-refractivity contribution in [2.45, 2.75) is 30.3 Å². The predicted octanol–water partition coefficient (Wildman–Crippen LogP) is 4.22. The topological polar surface area (TPSA) is 12.9 Å². The summed E-state index contributed by atoms with van der Waals surface area (Å²) >= 11 is 11.7. The molecule has 90 valence electrons. The van der Waals surface area contributed by atoms with Gasteiger partial charge in [0, 0.05) is 28.0 Å². The van der Waals surface area contributed by atoms with E-state index < -0.39 is 0 Å². The van der Waals surface area contributed by atoms with Gasteiger partial charge in [-0.3, -0.25) is 0 Å². The van der Waals surface area contributed by atoms with Crippen molar-refractivity contribution in [2.75, 3.05) is 17.4 Å². The number of thioether (sulfide) groups is 2. The molecule has 0 aromatic carbocycles. The maximum atomic E-state index is 5.70. The molecule has 1 nitrogen and oxygen atoms in total. The van der Waals surface area contributed by atoms with Gasteiger partial charge in [-0.05, 0) is 12.8 Å². The highest BCUT2D eigenvalue weighted by atomic mass is 35.5. The number of aromatic nitrogens is 1. The molecule has 1 aliphatic rings. The summed E-state index contributed by atoms with van der Waals surface area (Å²) in [5, 5.41) is 4.82. The van der Waals surface area contributed by atoms with Gasteiger partial charge in [0.2, 0.25) is 0 Å².